The van der Waals surface area contributed by atoms with Crippen LogP contribution in [0.3, 0.4) is 0 Å². The van der Waals surface area contributed by atoms with Crippen molar-refractivity contribution in [2.24, 2.45) is 0 Å². The lowest BCUT2D eigenvalue weighted by Crippen LogP contribution is -1.96. The molecule has 0 aliphatic heterocycles. The minimum atomic E-state index is -0.342. The third-order valence-corrected chi connectivity index (χ3v) is 4.47. The van der Waals surface area contributed by atoms with Gasteiger partial charge >= 0.3 is 0 Å². The Bertz CT molecular complexity index is 601. The Kier molecular flexibility index (Phi) is 5.23. The van der Waals surface area contributed by atoms with Crippen LogP contribution in [0.25, 0.3) is 0 Å². The van der Waals surface area contributed by atoms with E-state index in [0.717, 1.165) is 14.7 Å². The maximum Gasteiger partial charge on any atom is 0.138 e. The normalized spacial score (nSPS) is 12.3. The van der Waals surface area contributed by atoms with Gasteiger partial charge in [-0.25, -0.2) is 0 Å². The molecule has 5 heteroatoms. The highest BCUT2D eigenvalue weighted by atomic mass is 127. The molecule has 0 radical (unpaired) electrons. The van der Waals surface area contributed by atoms with Gasteiger partial charge in [-0.15, -0.1) is 11.6 Å². The SMILES string of the molecule is COc1cc(Cl)c(C(Cl)c2cccc(I)c2)cc1Cl. The second-order valence-corrected chi connectivity index (χ2v) is 6.42. The van der Waals surface area contributed by atoms with E-state index < -0.39 is 0 Å². The summed E-state index contributed by atoms with van der Waals surface area (Å²) in [6, 6.07) is 11.4. The number of ether oxygens (including phenoxy) is 1. The molecular weight excluding hydrogens is 417 g/mol. The van der Waals surface area contributed by atoms with Gasteiger partial charge in [-0.3, -0.25) is 0 Å². The Morgan fingerprint density at radius 1 is 1.11 bits per heavy atom. The molecule has 1 nitrogen and oxygen atoms in total. The number of benzene rings is 2. The van der Waals surface area contributed by atoms with Gasteiger partial charge in [0.2, 0.25) is 0 Å². The molecule has 100 valence electrons. The molecule has 2 aromatic carbocycles. The van der Waals surface area contributed by atoms with Crippen molar-refractivity contribution in [2.45, 2.75) is 5.38 Å². The minimum Gasteiger partial charge on any atom is -0.495 e. The summed E-state index contributed by atoms with van der Waals surface area (Å²) in [5, 5.41) is 0.698. The second-order valence-electron chi connectivity index (χ2n) is 3.93. The molecule has 0 aromatic heterocycles. The monoisotopic (exact) mass is 426 g/mol. The van der Waals surface area contributed by atoms with E-state index >= 15 is 0 Å². The van der Waals surface area contributed by atoms with Gasteiger partial charge in [-0.05, 0) is 51.9 Å². The fourth-order valence-corrected chi connectivity index (χ4v) is 3.19. The van der Waals surface area contributed by atoms with Gasteiger partial charge < -0.3 is 4.74 Å². The molecule has 0 N–H and O–H groups in total. The molecule has 0 fully saturated rings. The molecular formula is C14H10Cl3IO. The maximum atomic E-state index is 6.49. The molecule has 19 heavy (non-hydrogen) atoms. The first-order valence-corrected chi connectivity index (χ1v) is 7.72. The lowest BCUT2D eigenvalue weighted by molar-refractivity contribution is 0.415. The van der Waals surface area contributed by atoms with Crippen molar-refractivity contribution in [1.82, 2.24) is 0 Å². The van der Waals surface area contributed by atoms with E-state index in [1.165, 1.54) is 0 Å². The molecule has 1 atom stereocenters. The number of rotatable bonds is 3. The molecule has 0 aliphatic rings. The van der Waals surface area contributed by atoms with Crippen LogP contribution in [0.5, 0.6) is 5.75 Å². The largest absolute Gasteiger partial charge is 0.495 e. The zero-order valence-corrected chi connectivity index (χ0v) is 14.4. The first-order chi connectivity index (χ1) is 9.02. The fourth-order valence-electron chi connectivity index (χ4n) is 1.74. The van der Waals surface area contributed by atoms with E-state index in [9.17, 15) is 0 Å². The average molecular weight is 427 g/mol. The van der Waals surface area contributed by atoms with Crippen LogP contribution >= 0.6 is 57.4 Å². The van der Waals surface area contributed by atoms with Crippen molar-refractivity contribution in [2.75, 3.05) is 7.11 Å². The van der Waals surface area contributed by atoms with Crippen molar-refractivity contribution in [1.29, 1.82) is 0 Å². The summed E-state index contributed by atoms with van der Waals surface area (Å²) in [6.45, 7) is 0. The molecule has 0 heterocycles. The lowest BCUT2D eigenvalue weighted by Gasteiger charge is -2.14. The van der Waals surface area contributed by atoms with E-state index in [1.54, 1.807) is 19.2 Å². The van der Waals surface area contributed by atoms with Crippen LogP contribution in [-0.2, 0) is 0 Å². The summed E-state index contributed by atoms with van der Waals surface area (Å²) >= 11 is 21.1. The van der Waals surface area contributed by atoms with Crippen LogP contribution < -0.4 is 4.74 Å². The Morgan fingerprint density at radius 2 is 1.84 bits per heavy atom. The van der Waals surface area contributed by atoms with Gasteiger partial charge in [-0.2, -0.15) is 0 Å². The lowest BCUT2D eigenvalue weighted by atomic mass is 10.0. The molecule has 0 saturated heterocycles. The quantitative estimate of drug-likeness (QED) is 0.435. The zero-order chi connectivity index (χ0) is 14.0. The number of halogens is 4. The maximum absolute atomic E-state index is 6.49. The first kappa shape index (κ1) is 15.2. The van der Waals surface area contributed by atoms with E-state index in [-0.39, 0.29) is 5.38 Å². The van der Waals surface area contributed by atoms with E-state index in [1.807, 2.05) is 24.3 Å². The third-order valence-electron chi connectivity index (χ3n) is 2.69. The zero-order valence-electron chi connectivity index (χ0n) is 9.96. The molecule has 2 rings (SSSR count). The van der Waals surface area contributed by atoms with Crippen molar-refractivity contribution >= 4 is 57.4 Å². The van der Waals surface area contributed by atoms with Crippen molar-refractivity contribution < 1.29 is 4.74 Å². The summed E-state index contributed by atoms with van der Waals surface area (Å²) < 4.78 is 6.25. The van der Waals surface area contributed by atoms with Crippen LogP contribution in [-0.4, -0.2) is 7.11 Å². The molecule has 2 aromatic rings. The van der Waals surface area contributed by atoms with Gasteiger partial charge in [0, 0.05) is 14.7 Å². The Balaban J connectivity index is 2.44. The van der Waals surface area contributed by atoms with Crippen LogP contribution in [0.15, 0.2) is 36.4 Å². The Morgan fingerprint density at radius 3 is 2.47 bits per heavy atom. The molecule has 0 saturated carbocycles. The third kappa shape index (κ3) is 3.48. The van der Waals surface area contributed by atoms with Gasteiger partial charge in [0.1, 0.15) is 5.75 Å². The summed E-state index contributed by atoms with van der Waals surface area (Å²) in [4.78, 5) is 0. The highest BCUT2D eigenvalue weighted by Crippen LogP contribution is 2.39. The number of hydrogen-bond acceptors (Lipinski definition) is 1. The van der Waals surface area contributed by atoms with Crippen LogP contribution in [0.1, 0.15) is 16.5 Å². The van der Waals surface area contributed by atoms with Crippen molar-refractivity contribution in [3.63, 3.8) is 0 Å². The van der Waals surface area contributed by atoms with E-state index in [4.69, 9.17) is 39.5 Å². The Hall–Kier alpha value is -0.160. The van der Waals surface area contributed by atoms with Gasteiger partial charge in [0.05, 0.1) is 17.5 Å². The smallest absolute Gasteiger partial charge is 0.138 e. The minimum absolute atomic E-state index is 0.342. The molecule has 0 amide bonds. The molecule has 1 unspecified atom stereocenters. The van der Waals surface area contributed by atoms with Gasteiger partial charge in [0.25, 0.3) is 0 Å². The molecule has 0 aliphatic carbocycles. The topological polar surface area (TPSA) is 9.23 Å². The van der Waals surface area contributed by atoms with Crippen molar-refractivity contribution in [3.8, 4) is 5.75 Å². The Labute approximate surface area is 141 Å². The van der Waals surface area contributed by atoms with E-state index in [0.29, 0.717) is 15.8 Å². The number of alkyl halides is 1. The molecule has 0 spiro atoms. The summed E-state index contributed by atoms with van der Waals surface area (Å²) in [5.74, 6) is 0.543. The van der Waals surface area contributed by atoms with Gasteiger partial charge in [0.15, 0.2) is 0 Å². The summed E-state index contributed by atoms with van der Waals surface area (Å²) in [7, 11) is 1.55. The first-order valence-electron chi connectivity index (χ1n) is 5.45. The van der Waals surface area contributed by atoms with Gasteiger partial charge in [-0.1, -0.05) is 35.3 Å². The highest BCUT2D eigenvalue weighted by Gasteiger charge is 2.17. The van der Waals surface area contributed by atoms with Crippen LogP contribution in [0, 0.1) is 3.57 Å². The highest BCUT2D eigenvalue weighted by molar-refractivity contribution is 14.1. The average Bonchev–Trinajstić information content (AvgIpc) is 2.40. The molecule has 0 bridgehead atoms. The second kappa shape index (κ2) is 6.53. The summed E-state index contributed by atoms with van der Waals surface area (Å²) in [5.41, 5.74) is 1.76. The van der Waals surface area contributed by atoms with Crippen LogP contribution in [0.4, 0.5) is 0 Å². The van der Waals surface area contributed by atoms with Crippen molar-refractivity contribution in [3.05, 3.63) is 61.1 Å². The predicted molar refractivity (Wildman–Crippen MR) is 89.9 cm³/mol. The van der Waals surface area contributed by atoms with Crippen LogP contribution in [0.2, 0.25) is 10.0 Å². The predicted octanol–water partition coefficient (Wildman–Crippen LogP) is 5.93. The fraction of sp³-hybridized carbons (Fsp3) is 0.143. The number of hydrogen-bond donors (Lipinski definition) is 0. The van der Waals surface area contributed by atoms with E-state index in [2.05, 4.69) is 22.6 Å². The number of methoxy groups -OCH3 is 1. The summed E-state index contributed by atoms with van der Waals surface area (Å²) in [6.07, 6.45) is 0. The standard InChI is InChI=1S/C14H10Cl3IO/c1-19-13-7-11(15)10(6-12(13)16)14(17)8-3-2-4-9(18)5-8/h2-7,14H,1H3.